The van der Waals surface area contributed by atoms with Crippen molar-refractivity contribution in [2.24, 2.45) is 11.8 Å². The minimum Gasteiger partial charge on any atom is -0.0776 e. The molecular weight excluding hydrogens is 120 g/mol. The van der Waals surface area contributed by atoms with Crippen LogP contribution in [0, 0.1) is 11.8 Å². The molecule has 0 rings (SSSR count). The molecule has 2 atom stereocenters. The smallest absolute Gasteiger partial charge is 0.0443 e. The van der Waals surface area contributed by atoms with Crippen LogP contribution in [0.2, 0.25) is 0 Å². The van der Waals surface area contributed by atoms with Gasteiger partial charge in [0.2, 0.25) is 0 Å². The topological polar surface area (TPSA) is 0 Å². The molecule has 0 aromatic carbocycles. The standard InChI is InChI=1S/C9H20.CH4/c1-5-8(3)7-9(4)6-2;/h8-9H,5-7H2,1-4H3;1H4/t8-,9-;/m1./s1. The second-order valence-corrected chi connectivity index (χ2v) is 3.26. The first-order valence-electron chi connectivity index (χ1n) is 4.20. The van der Waals surface area contributed by atoms with Gasteiger partial charge in [0.05, 0.1) is 0 Å². The molecule has 0 radical (unpaired) electrons. The lowest BCUT2D eigenvalue weighted by Gasteiger charge is -2.12. The number of rotatable bonds is 4. The van der Waals surface area contributed by atoms with Crippen LogP contribution in [0.15, 0.2) is 0 Å². The third-order valence-corrected chi connectivity index (χ3v) is 2.20. The van der Waals surface area contributed by atoms with Crippen molar-refractivity contribution in [3.05, 3.63) is 0 Å². The Hall–Kier alpha value is 0. The van der Waals surface area contributed by atoms with Crippen molar-refractivity contribution in [1.82, 2.24) is 0 Å². The molecular formula is C10H24. The molecule has 10 heavy (non-hydrogen) atoms. The minimum absolute atomic E-state index is 0. The summed E-state index contributed by atoms with van der Waals surface area (Å²) in [4.78, 5) is 0. The summed E-state index contributed by atoms with van der Waals surface area (Å²) in [5, 5.41) is 0. The highest BCUT2D eigenvalue weighted by atomic mass is 14.1. The summed E-state index contributed by atoms with van der Waals surface area (Å²) >= 11 is 0. The van der Waals surface area contributed by atoms with E-state index < -0.39 is 0 Å². The highest BCUT2D eigenvalue weighted by Crippen LogP contribution is 2.16. The van der Waals surface area contributed by atoms with Crippen LogP contribution in [0.3, 0.4) is 0 Å². The molecule has 64 valence electrons. The van der Waals surface area contributed by atoms with Crippen LogP contribution in [0.1, 0.15) is 54.4 Å². The first kappa shape index (κ1) is 12.7. The fourth-order valence-corrected chi connectivity index (χ4v) is 1.02. The van der Waals surface area contributed by atoms with Crippen LogP contribution in [0.25, 0.3) is 0 Å². The van der Waals surface area contributed by atoms with Gasteiger partial charge in [0.15, 0.2) is 0 Å². The predicted molar refractivity (Wildman–Crippen MR) is 50.3 cm³/mol. The van der Waals surface area contributed by atoms with E-state index in [1.807, 2.05) is 0 Å². The zero-order valence-electron chi connectivity index (χ0n) is 7.28. The van der Waals surface area contributed by atoms with Crippen molar-refractivity contribution in [1.29, 1.82) is 0 Å². The molecule has 0 nitrogen and oxygen atoms in total. The summed E-state index contributed by atoms with van der Waals surface area (Å²) in [6.07, 6.45) is 4.08. The molecule has 0 spiro atoms. The van der Waals surface area contributed by atoms with Crippen LogP contribution < -0.4 is 0 Å². The summed E-state index contributed by atoms with van der Waals surface area (Å²) in [5.74, 6) is 1.86. The molecule has 0 heterocycles. The summed E-state index contributed by atoms with van der Waals surface area (Å²) in [6, 6.07) is 0. The van der Waals surface area contributed by atoms with Crippen molar-refractivity contribution >= 4 is 0 Å². The lowest BCUT2D eigenvalue weighted by Crippen LogP contribution is -2.00. The average molecular weight is 144 g/mol. The molecule has 0 aliphatic heterocycles. The third kappa shape index (κ3) is 6.12. The van der Waals surface area contributed by atoms with Gasteiger partial charge in [-0.2, -0.15) is 0 Å². The molecule has 0 aliphatic carbocycles. The molecule has 0 unspecified atom stereocenters. The zero-order valence-corrected chi connectivity index (χ0v) is 7.28. The van der Waals surface area contributed by atoms with Crippen LogP contribution in [-0.2, 0) is 0 Å². The van der Waals surface area contributed by atoms with Crippen LogP contribution in [0.4, 0.5) is 0 Å². The molecule has 0 heteroatoms. The molecule has 0 saturated carbocycles. The van der Waals surface area contributed by atoms with Gasteiger partial charge in [-0.3, -0.25) is 0 Å². The molecule has 0 fully saturated rings. The Morgan fingerprint density at radius 2 is 1.20 bits per heavy atom. The Kier molecular flexibility index (Phi) is 9.00. The van der Waals surface area contributed by atoms with Crippen LogP contribution >= 0.6 is 0 Å². The van der Waals surface area contributed by atoms with Crippen LogP contribution in [-0.4, -0.2) is 0 Å². The molecule has 0 bridgehead atoms. The van der Waals surface area contributed by atoms with E-state index in [2.05, 4.69) is 27.7 Å². The first-order valence-corrected chi connectivity index (χ1v) is 4.20. The quantitative estimate of drug-likeness (QED) is 0.557. The van der Waals surface area contributed by atoms with E-state index in [0.717, 1.165) is 11.8 Å². The fourth-order valence-electron chi connectivity index (χ4n) is 1.02. The van der Waals surface area contributed by atoms with Crippen molar-refractivity contribution in [3.8, 4) is 0 Å². The maximum atomic E-state index is 2.34. The largest absolute Gasteiger partial charge is 0.0776 e. The lowest BCUT2D eigenvalue weighted by atomic mass is 9.94. The van der Waals surface area contributed by atoms with E-state index in [1.165, 1.54) is 19.3 Å². The average Bonchev–Trinajstić information content (AvgIpc) is 1.87. The highest BCUT2D eigenvalue weighted by Gasteiger charge is 2.03. The Balaban J connectivity index is 0. The normalized spacial score (nSPS) is 15.6. The summed E-state index contributed by atoms with van der Waals surface area (Å²) in [7, 11) is 0. The van der Waals surface area contributed by atoms with Gasteiger partial charge in [-0.1, -0.05) is 48.0 Å². The lowest BCUT2D eigenvalue weighted by molar-refractivity contribution is 0.397. The van der Waals surface area contributed by atoms with Gasteiger partial charge in [-0.05, 0) is 18.3 Å². The summed E-state index contributed by atoms with van der Waals surface area (Å²) in [5.41, 5.74) is 0. The minimum atomic E-state index is 0. The van der Waals surface area contributed by atoms with Gasteiger partial charge in [0.1, 0.15) is 0 Å². The molecule has 0 N–H and O–H groups in total. The van der Waals surface area contributed by atoms with E-state index in [9.17, 15) is 0 Å². The number of hydrogen-bond acceptors (Lipinski definition) is 0. The van der Waals surface area contributed by atoms with Crippen molar-refractivity contribution in [2.45, 2.75) is 54.4 Å². The summed E-state index contributed by atoms with van der Waals surface area (Å²) < 4.78 is 0. The van der Waals surface area contributed by atoms with Gasteiger partial charge >= 0.3 is 0 Å². The summed E-state index contributed by atoms with van der Waals surface area (Å²) in [6.45, 7) is 9.22. The number of hydrogen-bond donors (Lipinski definition) is 0. The van der Waals surface area contributed by atoms with Crippen LogP contribution in [0.5, 0.6) is 0 Å². The Morgan fingerprint density at radius 3 is 1.40 bits per heavy atom. The molecule has 0 aromatic heterocycles. The van der Waals surface area contributed by atoms with Gasteiger partial charge in [-0.15, -0.1) is 0 Å². The predicted octanol–water partition coefficient (Wildman–Crippen LogP) is 4.10. The third-order valence-electron chi connectivity index (χ3n) is 2.20. The molecule has 0 saturated heterocycles. The second kappa shape index (κ2) is 7.11. The Labute approximate surface area is 67.0 Å². The van der Waals surface area contributed by atoms with E-state index in [1.54, 1.807) is 0 Å². The Bertz CT molecular complexity index is 49.1. The van der Waals surface area contributed by atoms with Gasteiger partial charge in [-0.25, -0.2) is 0 Å². The maximum Gasteiger partial charge on any atom is -0.0443 e. The van der Waals surface area contributed by atoms with E-state index in [4.69, 9.17) is 0 Å². The van der Waals surface area contributed by atoms with Gasteiger partial charge in [0.25, 0.3) is 0 Å². The molecule has 0 amide bonds. The van der Waals surface area contributed by atoms with Crippen molar-refractivity contribution in [3.63, 3.8) is 0 Å². The van der Waals surface area contributed by atoms with Gasteiger partial charge < -0.3 is 0 Å². The monoisotopic (exact) mass is 144 g/mol. The SMILES string of the molecule is C.CC[C@@H](C)C[C@H](C)CC. The Morgan fingerprint density at radius 1 is 0.900 bits per heavy atom. The maximum absolute atomic E-state index is 2.34. The molecule has 0 aliphatic rings. The van der Waals surface area contributed by atoms with Gasteiger partial charge in [0, 0.05) is 0 Å². The fraction of sp³-hybridized carbons (Fsp3) is 1.00. The second-order valence-electron chi connectivity index (χ2n) is 3.26. The zero-order chi connectivity index (χ0) is 7.28. The van der Waals surface area contributed by atoms with E-state index in [-0.39, 0.29) is 7.43 Å². The highest BCUT2D eigenvalue weighted by molar-refractivity contribution is 4.55. The van der Waals surface area contributed by atoms with Crippen molar-refractivity contribution < 1.29 is 0 Å². The first-order chi connectivity index (χ1) is 4.20. The van der Waals surface area contributed by atoms with E-state index >= 15 is 0 Å². The molecule has 0 aromatic rings. The van der Waals surface area contributed by atoms with Crippen molar-refractivity contribution in [2.75, 3.05) is 0 Å². The van der Waals surface area contributed by atoms with E-state index in [0.29, 0.717) is 0 Å².